The standard InChI is InChI=1S/C19H27BrN4O2/c1-12(2)16-15(20)17(23-22-16)18(25)21-14-8-6-7-13(11-14)19(26)24-9-4-3-5-10-24/h6-8,11-12,15-17,22-23H,3-5,9-10H2,1-2H3,(H,21,25). The fourth-order valence-corrected chi connectivity index (χ4v) is 4.64. The predicted molar refractivity (Wildman–Crippen MR) is 106 cm³/mol. The summed E-state index contributed by atoms with van der Waals surface area (Å²) in [6, 6.07) is 7.01. The second-order valence-electron chi connectivity index (χ2n) is 7.40. The van der Waals surface area contributed by atoms with E-state index >= 15 is 0 Å². The van der Waals surface area contributed by atoms with Gasteiger partial charge in [0.15, 0.2) is 0 Å². The van der Waals surface area contributed by atoms with E-state index in [1.54, 1.807) is 6.07 Å². The van der Waals surface area contributed by atoms with Crippen molar-refractivity contribution in [3.05, 3.63) is 29.8 Å². The van der Waals surface area contributed by atoms with Gasteiger partial charge in [0.05, 0.1) is 4.83 Å². The number of alkyl halides is 1. The number of hydrogen-bond donors (Lipinski definition) is 3. The summed E-state index contributed by atoms with van der Waals surface area (Å²) in [6.45, 7) is 5.86. The maximum absolute atomic E-state index is 12.6. The lowest BCUT2D eigenvalue weighted by atomic mass is 9.99. The normalized spacial score (nSPS) is 26.2. The molecule has 26 heavy (non-hydrogen) atoms. The van der Waals surface area contributed by atoms with Gasteiger partial charge in [-0.3, -0.25) is 15.0 Å². The van der Waals surface area contributed by atoms with Crippen molar-refractivity contribution in [3.8, 4) is 0 Å². The average Bonchev–Trinajstić information content (AvgIpc) is 3.04. The second-order valence-corrected chi connectivity index (χ2v) is 8.46. The lowest BCUT2D eigenvalue weighted by molar-refractivity contribution is -0.117. The number of nitrogens with one attached hydrogen (secondary N) is 3. The van der Waals surface area contributed by atoms with Gasteiger partial charge in [-0.2, -0.15) is 0 Å². The smallest absolute Gasteiger partial charge is 0.253 e. The molecule has 3 N–H and O–H groups in total. The van der Waals surface area contributed by atoms with Crippen LogP contribution in [0.15, 0.2) is 24.3 Å². The number of benzene rings is 1. The van der Waals surface area contributed by atoms with Crippen molar-refractivity contribution in [2.75, 3.05) is 18.4 Å². The number of carbonyl (C=O) groups is 2. The van der Waals surface area contributed by atoms with Crippen molar-refractivity contribution in [2.24, 2.45) is 5.92 Å². The molecule has 1 aromatic rings. The molecular formula is C19H27BrN4O2. The Hall–Kier alpha value is -1.44. The van der Waals surface area contributed by atoms with Crippen LogP contribution in [0.2, 0.25) is 0 Å². The third kappa shape index (κ3) is 4.27. The molecule has 2 aliphatic rings. The maximum atomic E-state index is 12.6. The molecule has 7 heteroatoms. The summed E-state index contributed by atoms with van der Waals surface area (Å²) < 4.78 is 0. The number of nitrogens with zero attached hydrogens (tertiary/aromatic N) is 1. The molecule has 0 bridgehead atoms. The van der Waals surface area contributed by atoms with Crippen LogP contribution in [-0.4, -0.2) is 46.7 Å². The van der Waals surface area contributed by atoms with Gasteiger partial charge in [-0.15, -0.1) is 0 Å². The Kier molecular flexibility index (Phi) is 6.32. The summed E-state index contributed by atoms with van der Waals surface area (Å²) in [6.07, 6.45) is 3.31. The molecule has 0 saturated carbocycles. The Balaban J connectivity index is 1.65. The molecule has 3 atom stereocenters. The van der Waals surface area contributed by atoms with Gasteiger partial charge in [0.1, 0.15) is 6.04 Å². The minimum absolute atomic E-state index is 0.000615. The van der Waals surface area contributed by atoms with E-state index in [0.29, 0.717) is 17.2 Å². The van der Waals surface area contributed by atoms with E-state index in [4.69, 9.17) is 0 Å². The van der Waals surface area contributed by atoms with Crippen LogP contribution in [0.4, 0.5) is 5.69 Å². The van der Waals surface area contributed by atoms with Gasteiger partial charge < -0.3 is 10.2 Å². The highest BCUT2D eigenvalue weighted by atomic mass is 79.9. The summed E-state index contributed by atoms with van der Waals surface area (Å²) >= 11 is 3.63. The van der Waals surface area contributed by atoms with Crippen LogP contribution >= 0.6 is 15.9 Å². The summed E-state index contributed by atoms with van der Waals surface area (Å²) in [5.74, 6) is 0.319. The van der Waals surface area contributed by atoms with Gasteiger partial charge in [0.2, 0.25) is 5.91 Å². The zero-order chi connectivity index (χ0) is 18.7. The molecule has 1 aromatic carbocycles. The second kappa shape index (κ2) is 8.50. The largest absolute Gasteiger partial charge is 0.339 e. The molecule has 0 spiro atoms. The fourth-order valence-electron chi connectivity index (χ4n) is 3.53. The van der Waals surface area contributed by atoms with Crippen molar-refractivity contribution < 1.29 is 9.59 Å². The first-order valence-electron chi connectivity index (χ1n) is 9.32. The first-order valence-corrected chi connectivity index (χ1v) is 10.2. The molecule has 0 aromatic heterocycles. The highest BCUT2D eigenvalue weighted by Gasteiger charge is 2.39. The number of amides is 2. The van der Waals surface area contributed by atoms with Crippen LogP contribution in [-0.2, 0) is 4.79 Å². The predicted octanol–water partition coefficient (Wildman–Crippen LogP) is 2.52. The lowest BCUT2D eigenvalue weighted by Crippen LogP contribution is -2.42. The molecule has 2 amide bonds. The first-order chi connectivity index (χ1) is 12.5. The molecule has 2 heterocycles. The van der Waals surface area contributed by atoms with E-state index in [9.17, 15) is 9.59 Å². The number of rotatable bonds is 4. The van der Waals surface area contributed by atoms with E-state index in [2.05, 4.69) is 45.9 Å². The van der Waals surface area contributed by atoms with Gasteiger partial charge in [-0.1, -0.05) is 35.8 Å². The van der Waals surface area contributed by atoms with E-state index in [0.717, 1.165) is 25.9 Å². The molecule has 2 fully saturated rings. The van der Waals surface area contributed by atoms with Gasteiger partial charge in [-0.25, -0.2) is 5.43 Å². The summed E-state index contributed by atoms with van der Waals surface area (Å²) in [5, 5.41) is 2.93. The SMILES string of the molecule is CC(C)C1NNC(C(=O)Nc2cccc(C(=O)N3CCCCC3)c2)C1Br. The van der Waals surface area contributed by atoms with Crippen LogP contribution in [0.5, 0.6) is 0 Å². The third-order valence-corrected chi connectivity index (χ3v) is 6.19. The minimum atomic E-state index is -0.371. The maximum Gasteiger partial charge on any atom is 0.253 e. The fraction of sp³-hybridized carbons (Fsp3) is 0.579. The molecule has 0 radical (unpaired) electrons. The van der Waals surface area contributed by atoms with Gasteiger partial charge in [0.25, 0.3) is 5.91 Å². The van der Waals surface area contributed by atoms with E-state index < -0.39 is 0 Å². The Labute approximate surface area is 163 Å². The van der Waals surface area contributed by atoms with Crippen molar-refractivity contribution in [2.45, 2.75) is 50.0 Å². The number of halogens is 1. The van der Waals surface area contributed by atoms with Crippen LogP contribution in [0.1, 0.15) is 43.5 Å². The molecule has 6 nitrogen and oxygen atoms in total. The number of anilines is 1. The highest BCUT2D eigenvalue weighted by Crippen LogP contribution is 2.23. The quantitative estimate of drug-likeness (QED) is 0.651. The number of piperidine rings is 1. The molecule has 142 valence electrons. The summed E-state index contributed by atoms with van der Waals surface area (Å²) in [7, 11) is 0. The lowest BCUT2D eigenvalue weighted by Gasteiger charge is -2.27. The number of hydrogen-bond acceptors (Lipinski definition) is 4. The van der Waals surface area contributed by atoms with Gasteiger partial charge in [-0.05, 0) is 43.4 Å². The van der Waals surface area contributed by atoms with E-state index in [1.165, 1.54) is 6.42 Å². The summed E-state index contributed by atoms with van der Waals surface area (Å²) in [5.41, 5.74) is 7.51. The first kappa shape index (κ1) is 19.3. The Morgan fingerprint density at radius 1 is 1.19 bits per heavy atom. The minimum Gasteiger partial charge on any atom is -0.339 e. The van der Waals surface area contributed by atoms with Gasteiger partial charge in [0, 0.05) is 30.4 Å². The molecule has 3 rings (SSSR count). The van der Waals surface area contributed by atoms with Crippen LogP contribution in [0, 0.1) is 5.92 Å². The number of hydrazine groups is 1. The molecule has 2 aliphatic heterocycles. The molecule has 0 aliphatic carbocycles. The highest BCUT2D eigenvalue weighted by molar-refractivity contribution is 9.09. The van der Waals surface area contributed by atoms with Crippen LogP contribution in [0.25, 0.3) is 0 Å². The Bertz CT molecular complexity index is 661. The van der Waals surface area contributed by atoms with Crippen molar-refractivity contribution in [1.82, 2.24) is 15.8 Å². The topological polar surface area (TPSA) is 73.5 Å². The Morgan fingerprint density at radius 3 is 2.58 bits per heavy atom. The van der Waals surface area contributed by atoms with Gasteiger partial charge >= 0.3 is 0 Å². The zero-order valence-electron chi connectivity index (χ0n) is 15.3. The van der Waals surface area contributed by atoms with Crippen molar-refractivity contribution in [1.29, 1.82) is 0 Å². The summed E-state index contributed by atoms with van der Waals surface area (Å²) in [4.78, 5) is 27.2. The van der Waals surface area contributed by atoms with Crippen LogP contribution < -0.4 is 16.2 Å². The zero-order valence-corrected chi connectivity index (χ0v) is 16.9. The number of likely N-dealkylation sites (tertiary alicyclic amines) is 1. The molecular weight excluding hydrogens is 396 g/mol. The number of carbonyl (C=O) groups excluding carboxylic acids is 2. The van der Waals surface area contributed by atoms with E-state index in [1.807, 2.05) is 23.1 Å². The molecule has 3 unspecified atom stereocenters. The third-order valence-electron chi connectivity index (χ3n) is 5.09. The van der Waals surface area contributed by atoms with Crippen LogP contribution in [0.3, 0.4) is 0 Å². The Morgan fingerprint density at radius 2 is 1.92 bits per heavy atom. The average molecular weight is 423 g/mol. The monoisotopic (exact) mass is 422 g/mol. The molecule has 2 saturated heterocycles. The van der Waals surface area contributed by atoms with Crippen molar-refractivity contribution >= 4 is 33.4 Å². The van der Waals surface area contributed by atoms with Crippen molar-refractivity contribution in [3.63, 3.8) is 0 Å². The van der Waals surface area contributed by atoms with E-state index in [-0.39, 0.29) is 28.7 Å².